The lowest BCUT2D eigenvalue weighted by Gasteiger charge is -2.38. The minimum absolute atomic E-state index is 0.254. The van der Waals surface area contributed by atoms with Crippen molar-refractivity contribution in [3.05, 3.63) is 17.3 Å². The Balaban J connectivity index is 2.12. The first-order chi connectivity index (χ1) is 8.24. The summed E-state index contributed by atoms with van der Waals surface area (Å²) in [7, 11) is 1.75. The van der Waals surface area contributed by atoms with Crippen LogP contribution in [0.4, 0.5) is 5.82 Å². The van der Waals surface area contributed by atoms with Gasteiger partial charge in [-0.15, -0.1) is 10.2 Å². The normalized spacial score (nSPS) is 25.0. The van der Waals surface area contributed by atoms with Crippen LogP contribution in [0.5, 0.6) is 0 Å². The molecule has 0 aromatic carbocycles. The highest BCUT2D eigenvalue weighted by Crippen LogP contribution is 2.24. The number of methoxy groups -OCH3 is 1. The molecule has 2 N–H and O–H groups in total. The molecule has 0 saturated carbocycles. The van der Waals surface area contributed by atoms with Gasteiger partial charge >= 0.3 is 0 Å². The fourth-order valence-corrected chi connectivity index (χ4v) is 2.32. The Hall–Kier alpha value is -0.910. The topological polar surface area (TPSA) is 64.3 Å². The molecule has 0 radical (unpaired) electrons. The Morgan fingerprint density at radius 3 is 2.94 bits per heavy atom. The van der Waals surface area contributed by atoms with E-state index in [1.54, 1.807) is 13.2 Å². The highest BCUT2D eigenvalue weighted by molar-refractivity contribution is 6.29. The molecule has 0 spiro atoms. The van der Waals surface area contributed by atoms with Crippen LogP contribution in [0.1, 0.15) is 12.8 Å². The summed E-state index contributed by atoms with van der Waals surface area (Å²) < 4.78 is 5.39. The Morgan fingerprint density at radius 1 is 1.53 bits per heavy atom. The first kappa shape index (κ1) is 12.5. The molecular formula is C11H17ClN4O. The molecule has 6 heteroatoms. The van der Waals surface area contributed by atoms with E-state index in [-0.39, 0.29) is 6.04 Å². The molecule has 2 atom stereocenters. The number of ether oxygens (including phenoxy) is 1. The van der Waals surface area contributed by atoms with E-state index >= 15 is 0 Å². The summed E-state index contributed by atoms with van der Waals surface area (Å²) >= 11 is 5.73. The third-order valence-corrected chi connectivity index (χ3v) is 3.39. The summed E-state index contributed by atoms with van der Waals surface area (Å²) in [5.74, 6) is 0.833. The van der Waals surface area contributed by atoms with Crippen LogP contribution in [0, 0.1) is 0 Å². The second-order valence-corrected chi connectivity index (χ2v) is 4.57. The molecule has 17 heavy (non-hydrogen) atoms. The molecule has 94 valence electrons. The third-order valence-electron chi connectivity index (χ3n) is 3.19. The largest absolute Gasteiger partial charge is 0.381 e. The smallest absolute Gasteiger partial charge is 0.151 e. The van der Waals surface area contributed by atoms with Crippen molar-refractivity contribution in [3.8, 4) is 0 Å². The van der Waals surface area contributed by atoms with Crippen molar-refractivity contribution < 1.29 is 4.74 Å². The predicted octanol–water partition coefficient (Wildman–Crippen LogP) is 1.07. The lowest BCUT2D eigenvalue weighted by atomic mass is 9.99. The van der Waals surface area contributed by atoms with Gasteiger partial charge < -0.3 is 15.4 Å². The van der Waals surface area contributed by atoms with Crippen molar-refractivity contribution in [1.82, 2.24) is 10.2 Å². The van der Waals surface area contributed by atoms with E-state index in [1.807, 2.05) is 6.07 Å². The molecule has 1 aliphatic rings. The maximum Gasteiger partial charge on any atom is 0.151 e. The first-order valence-electron chi connectivity index (χ1n) is 5.73. The van der Waals surface area contributed by atoms with Crippen molar-refractivity contribution in [1.29, 1.82) is 0 Å². The van der Waals surface area contributed by atoms with E-state index < -0.39 is 0 Å². The molecule has 2 unspecified atom stereocenters. The van der Waals surface area contributed by atoms with Crippen molar-refractivity contribution in [2.75, 3.05) is 25.1 Å². The minimum Gasteiger partial charge on any atom is -0.381 e. The van der Waals surface area contributed by atoms with Crippen LogP contribution < -0.4 is 10.6 Å². The molecule has 2 rings (SSSR count). The molecule has 0 aliphatic carbocycles. The monoisotopic (exact) mass is 256 g/mol. The third kappa shape index (κ3) is 2.86. The van der Waals surface area contributed by atoms with Gasteiger partial charge in [0.05, 0.1) is 6.10 Å². The Bertz CT molecular complexity index is 359. The highest BCUT2D eigenvalue weighted by atomic mass is 35.5. The number of nitrogens with two attached hydrogens (primary N) is 1. The molecule has 1 fully saturated rings. The van der Waals surface area contributed by atoms with E-state index in [2.05, 4.69) is 15.1 Å². The molecule has 1 aromatic rings. The van der Waals surface area contributed by atoms with Gasteiger partial charge in [0.25, 0.3) is 0 Å². The van der Waals surface area contributed by atoms with Gasteiger partial charge in [-0.1, -0.05) is 11.6 Å². The number of hydrogen-bond donors (Lipinski definition) is 1. The highest BCUT2D eigenvalue weighted by Gasteiger charge is 2.28. The van der Waals surface area contributed by atoms with Crippen LogP contribution in [-0.2, 0) is 4.74 Å². The van der Waals surface area contributed by atoms with Crippen molar-refractivity contribution in [2.24, 2.45) is 5.73 Å². The van der Waals surface area contributed by atoms with Crippen LogP contribution in [0.25, 0.3) is 0 Å². The summed E-state index contributed by atoms with van der Waals surface area (Å²) in [6.45, 7) is 1.47. The van der Waals surface area contributed by atoms with Crippen LogP contribution in [0.2, 0.25) is 5.15 Å². The molecule has 1 saturated heterocycles. The number of anilines is 1. The molecule has 0 bridgehead atoms. The zero-order valence-electron chi connectivity index (χ0n) is 9.84. The number of halogens is 1. The Kier molecular flexibility index (Phi) is 4.15. The Morgan fingerprint density at radius 2 is 2.35 bits per heavy atom. The van der Waals surface area contributed by atoms with Gasteiger partial charge in [0.2, 0.25) is 0 Å². The zero-order valence-corrected chi connectivity index (χ0v) is 10.6. The molecule has 5 nitrogen and oxygen atoms in total. The van der Waals surface area contributed by atoms with Crippen LogP contribution in [0.3, 0.4) is 0 Å². The van der Waals surface area contributed by atoms with Crippen LogP contribution in [-0.4, -0.2) is 42.5 Å². The molecule has 1 aliphatic heterocycles. The van der Waals surface area contributed by atoms with E-state index in [1.165, 1.54) is 0 Å². The van der Waals surface area contributed by atoms with Gasteiger partial charge in [0.1, 0.15) is 0 Å². The van der Waals surface area contributed by atoms with E-state index in [9.17, 15) is 0 Å². The number of hydrogen-bond acceptors (Lipinski definition) is 5. The average molecular weight is 257 g/mol. The molecule has 2 heterocycles. The minimum atomic E-state index is 0.254. The van der Waals surface area contributed by atoms with Crippen LogP contribution >= 0.6 is 11.6 Å². The van der Waals surface area contributed by atoms with Gasteiger partial charge in [-0.2, -0.15) is 0 Å². The van der Waals surface area contributed by atoms with Gasteiger partial charge in [-0.05, 0) is 25.0 Å². The molecular weight excluding hydrogens is 240 g/mol. The SMILES string of the molecule is COC1CCN(c2ccc(Cl)nn2)C(CN)C1. The summed E-state index contributed by atoms with van der Waals surface area (Å²) in [6.07, 6.45) is 2.20. The first-order valence-corrected chi connectivity index (χ1v) is 6.11. The zero-order chi connectivity index (χ0) is 12.3. The van der Waals surface area contributed by atoms with E-state index in [0.29, 0.717) is 17.8 Å². The quantitative estimate of drug-likeness (QED) is 0.877. The second-order valence-electron chi connectivity index (χ2n) is 4.18. The van der Waals surface area contributed by atoms with Gasteiger partial charge in [-0.3, -0.25) is 0 Å². The van der Waals surface area contributed by atoms with Gasteiger partial charge in [-0.25, -0.2) is 0 Å². The summed E-state index contributed by atoms with van der Waals surface area (Å²) in [5, 5.41) is 8.37. The lowest BCUT2D eigenvalue weighted by molar-refractivity contribution is 0.0707. The number of piperidine rings is 1. The van der Waals surface area contributed by atoms with Crippen LogP contribution in [0.15, 0.2) is 12.1 Å². The van der Waals surface area contributed by atoms with Crippen molar-refractivity contribution in [2.45, 2.75) is 25.0 Å². The lowest BCUT2D eigenvalue weighted by Crippen LogP contribution is -2.49. The molecule has 1 aromatic heterocycles. The number of aromatic nitrogens is 2. The molecule has 0 amide bonds. The standard InChI is InChI=1S/C11H17ClN4O/c1-17-9-4-5-16(8(6-9)7-13)11-3-2-10(12)14-15-11/h2-3,8-9H,4-7,13H2,1H3. The summed E-state index contributed by atoms with van der Waals surface area (Å²) in [5.41, 5.74) is 5.81. The number of nitrogens with zero attached hydrogens (tertiary/aromatic N) is 3. The van der Waals surface area contributed by atoms with Crippen molar-refractivity contribution >= 4 is 17.4 Å². The average Bonchev–Trinajstić information content (AvgIpc) is 2.39. The maximum atomic E-state index is 5.81. The fraction of sp³-hybridized carbons (Fsp3) is 0.636. The second kappa shape index (κ2) is 5.62. The van der Waals surface area contributed by atoms with Gasteiger partial charge in [0.15, 0.2) is 11.0 Å². The van der Waals surface area contributed by atoms with E-state index in [0.717, 1.165) is 25.2 Å². The van der Waals surface area contributed by atoms with Gasteiger partial charge in [0, 0.05) is 26.2 Å². The van der Waals surface area contributed by atoms with E-state index in [4.69, 9.17) is 22.1 Å². The summed E-state index contributed by atoms with van der Waals surface area (Å²) in [6, 6.07) is 3.88. The fourth-order valence-electron chi connectivity index (χ4n) is 2.22. The Labute approximate surface area is 106 Å². The van der Waals surface area contributed by atoms with Crippen molar-refractivity contribution in [3.63, 3.8) is 0 Å². The number of rotatable bonds is 3. The maximum absolute atomic E-state index is 5.81. The summed E-state index contributed by atoms with van der Waals surface area (Å²) in [4.78, 5) is 2.18. The predicted molar refractivity (Wildman–Crippen MR) is 67.3 cm³/mol.